The summed E-state index contributed by atoms with van der Waals surface area (Å²) < 4.78 is 11.5. The Morgan fingerprint density at radius 1 is 0.900 bits per heavy atom. The van der Waals surface area contributed by atoms with Gasteiger partial charge in [0.25, 0.3) is 11.7 Å². The van der Waals surface area contributed by atoms with Crippen LogP contribution < -0.4 is 9.47 Å². The summed E-state index contributed by atoms with van der Waals surface area (Å²) in [7, 11) is 0. The minimum absolute atomic E-state index is 0.0338. The molecule has 1 aliphatic rings. The van der Waals surface area contributed by atoms with Gasteiger partial charge >= 0.3 is 0 Å². The Morgan fingerprint density at radius 2 is 1.60 bits per heavy atom. The average Bonchev–Trinajstić information content (AvgIpc) is 3.22. The van der Waals surface area contributed by atoms with Gasteiger partial charge < -0.3 is 19.5 Å². The van der Waals surface area contributed by atoms with Crippen molar-refractivity contribution in [3.63, 3.8) is 0 Å². The van der Waals surface area contributed by atoms with E-state index in [2.05, 4.69) is 11.1 Å². The molecule has 0 bridgehead atoms. The normalized spacial score (nSPS) is 16.2. The summed E-state index contributed by atoms with van der Waals surface area (Å²) in [6.45, 7) is 5.02. The van der Waals surface area contributed by atoms with E-state index in [0.29, 0.717) is 35.8 Å². The first-order valence-corrected chi connectivity index (χ1v) is 13.1. The Balaban J connectivity index is 1.47. The van der Waals surface area contributed by atoms with Gasteiger partial charge in [0.15, 0.2) is 0 Å². The Hall–Kier alpha value is -4.91. The molecule has 0 radical (unpaired) electrons. The molecule has 1 aromatic heterocycles. The number of aromatic nitrogens is 1. The third-order valence-corrected chi connectivity index (χ3v) is 6.74. The number of carbonyl (C=O) groups excluding carboxylic acids is 2. The van der Waals surface area contributed by atoms with Gasteiger partial charge in [0.2, 0.25) is 0 Å². The number of aliphatic hydroxyl groups excluding tert-OH is 1. The van der Waals surface area contributed by atoms with Gasteiger partial charge in [-0.25, -0.2) is 0 Å². The molecule has 1 N–H and O–H groups in total. The highest BCUT2D eigenvalue weighted by Gasteiger charge is 2.46. The van der Waals surface area contributed by atoms with Crippen molar-refractivity contribution in [3.8, 4) is 11.5 Å². The predicted octanol–water partition coefficient (Wildman–Crippen LogP) is 5.99. The van der Waals surface area contributed by atoms with Crippen molar-refractivity contribution in [2.45, 2.75) is 33.0 Å². The molecule has 2 heterocycles. The number of likely N-dealkylation sites (tertiary alicyclic amines) is 1. The molecule has 1 saturated heterocycles. The van der Waals surface area contributed by atoms with Gasteiger partial charge in [0, 0.05) is 24.5 Å². The second-order valence-electron chi connectivity index (χ2n) is 9.59. The predicted molar refractivity (Wildman–Crippen MR) is 152 cm³/mol. The zero-order chi connectivity index (χ0) is 28.1. The van der Waals surface area contributed by atoms with Crippen LogP contribution in [0.3, 0.4) is 0 Å². The molecule has 0 aliphatic carbocycles. The minimum Gasteiger partial charge on any atom is -0.507 e. The number of aryl methyl sites for hydroxylation is 1. The number of carbonyl (C=O) groups is 2. The molecule has 1 fully saturated rings. The molecule has 4 aromatic rings. The van der Waals surface area contributed by atoms with E-state index < -0.39 is 17.7 Å². The van der Waals surface area contributed by atoms with Gasteiger partial charge in [-0.2, -0.15) is 0 Å². The molecule has 1 atom stereocenters. The molecule has 7 nitrogen and oxygen atoms in total. The Labute approximate surface area is 233 Å². The summed E-state index contributed by atoms with van der Waals surface area (Å²) >= 11 is 0. The first kappa shape index (κ1) is 26.7. The number of hydrogen-bond donors (Lipinski definition) is 1. The zero-order valence-electron chi connectivity index (χ0n) is 22.4. The second kappa shape index (κ2) is 11.9. The molecule has 40 heavy (non-hydrogen) atoms. The van der Waals surface area contributed by atoms with E-state index in [-0.39, 0.29) is 17.9 Å². The fraction of sp³-hybridized carbons (Fsp3) is 0.182. The molecule has 202 valence electrons. The fourth-order valence-corrected chi connectivity index (χ4v) is 4.82. The van der Waals surface area contributed by atoms with Crippen LogP contribution in [-0.4, -0.2) is 33.3 Å². The zero-order valence-corrected chi connectivity index (χ0v) is 22.4. The molecule has 0 saturated carbocycles. The third-order valence-electron chi connectivity index (χ3n) is 6.74. The number of rotatable bonds is 9. The maximum Gasteiger partial charge on any atom is 0.295 e. The van der Waals surface area contributed by atoms with Crippen LogP contribution in [0.5, 0.6) is 11.5 Å². The molecule has 0 unspecified atom stereocenters. The summed E-state index contributed by atoms with van der Waals surface area (Å²) in [4.78, 5) is 32.2. The van der Waals surface area contributed by atoms with Crippen molar-refractivity contribution in [1.29, 1.82) is 0 Å². The molecular weight excluding hydrogens is 504 g/mol. The highest BCUT2D eigenvalue weighted by Crippen LogP contribution is 2.40. The van der Waals surface area contributed by atoms with Gasteiger partial charge in [0.1, 0.15) is 23.9 Å². The number of Topliss-reactive ketones (excluding diaryl/α,β-unsaturated/α-hetero) is 1. The topological polar surface area (TPSA) is 89.0 Å². The highest BCUT2D eigenvalue weighted by atomic mass is 16.5. The van der Waals surface area contributed by atoms with E-state index >= 15 is 0 Å². The van der Waals surface area contributed by atoms with Gasteiger partial charge in [-0.15, -0.1) is 0 Å². The fourth-order valence-electron chi connectivity index (χ4n) is 4.82. The number of nitrogens with zero attached hydrogens (tertiary/aromatic N) is 2. The molecule has 5 rings (SSSR count). The number of benzene rings is 3. The third kappa shape index (κ3) is 5.73. The monoisotopic (exact) mass is 534 g/mol. The van der Waals surface area contributed by atoms with Crippen LogP contribution in [0.4, 0.5) is 0 Å². The molecule has 1 amide bonds. The summed E-state index contributed by atoms with van der Waals surface area (Å²) in [5.74, 6) is -0.353. The van der Waals surface area contributed by atoms with Crippen molar-refractivity contribution in [2.24, 2.45) is 0 Å². The van der Waals surface area contributed by atoms with Crippen molar-refractivity contribution >= 4 is 17.4 Å². The van der Waals surface area contributed by atoms with Gasteiger partial charge in [-0.05, 0) is 73.0 Å². The Bertz CT molecular complexity index is 1530. The largest absolute Gasteiger partial charge is 0.507 e. The van der Waals surface area contributed by atoms with Crippen LogP contribution in [-0.2, 0) is 22.7 Å². The summed E-state index contributed by atoms with van der Waals surface area (Å²) in [6.07, 6.45) is 3.31. The number of ether oxygens (including phenoxy) is 2. The summed E-state index contributed by atoms with van der Waals surface area (Å²) in [5, 5.41) is 11.4. The Morgan fingerprint density at radius 3 is 2.27 bits per heavy atom. The van der Waals surface area contributed by atoms with Gasteiger partial charge in [0.05, 0.1) is 18.2 Å². The van der Waals surface area contributed by atoms with Crippen LogP contribution in [0, 0.1) is 6.92 Å². The maximum absolute atomic E-state index is 13.4. The molecule has 7 heteroatoms. The lowest BCUT2D eigenvalue weighted by atomic mass is 9.95. The summed E-state index contributed by atoms with van der Waals surface area (Å²) in [6, 6.07) is 25.0. The van der Waals surface area contributed by atoms with E-state index in [0.717, 1.165) is 16.7 Å². The first-order chi connectivity index (χ1) is 19.4. The lowest BCUT2D eigenvalue weighted by Crippen LogP contribution is -2.29. The van der Waals surface area contributed by atoms with Crippen LogP contribution >= 0.6 is 0 Å². The molecule has 1 aliphatic heterocycles. The number of hydrogen-bond acceptors (Lipinski definition) is 6. The average molecular weight is 535 g/mol. The van der Waals surface area contributed by atoms with E-state index in [1.165, 1.54) is 4.90 Å². The first-order valence-electron chi connectivity index (χ1n) is 13.1. The number of aliphatic hydroxyl groups is 1. The number of pyridine rings is 1. The van der Waals surface area contributed by atoms with Crippen LogP contribution in [0.25, 0.3) is 5.76 Å². The van der Waals surface area contributed by atoms with E-state index in [4.69, 9.17) is 9.47 Å². The summed E-state index contributed by atoms with van der Waals surface area (Å²) in [5.41, 5.74) is 4.12. The Kier molecular flexibility index (Phi) is 7.92. The molecule has 0 spiro atoms. The van der Waals surface area contributed by atoms with Gasteiger partial charge in [-0.3, -0.25) is 14.6 Å². The SMILES string of the molecule is CCOc1ccc([C@H]2C(=C(O)c3ccc(OCc4cccc(C)c4)cc3)C(=O)C(=O)N2Cc2cccnc2)cc1. The standard InChI is InChI=1S/C33H30N2O5/c1-3-39-27-13-9-25(10-14-27)30-29(32(37)33(38)35(30)20-24-8-5-17-34-19-24)31(36)26-11-15-28(16-12-26)40-21-23-7-4-6-22(2)18-23/h4-19,30,36H,3,20-21H2,1-2H3/t30-/m0/s1. The smallest absolute Gasteiger partial charge is 0.295 e. The quantitative estimate of drug-likeness (QED) is 0.161. The number of ketones is 1. The van der Waals surface area contributed by atoms with E-state index in [9.17, 15) is 14.7 Å². The van der Waals surface area contributed by atoms with Crippen LogP contribution in [0.15, 0.2) is 103 Å². The van der Waals surface area contributed by atoms with Crippen molar-refractivity contribution < 1.29 is 24.2 Å². The van der Waals surface area contributed by atoms with Gasteiger partial charge in [-0.1, -0.05) is 48.0 Å². The highest BCUT2D eigenvalue weighted by molar-refractivity contribution is 6.46. The lowest BCUT2D eigenvalue weighted by molar-refractivity contribution is -0.140. The van der Waals surface area contributed by atoms with Crippen molar-refractivity contribution in [2.75, 3.05) is 6.61 Å². The van der Waals surface area contributed by atoms with E-state index in [1.807, 2.05) is 50.2 Å². The molecular formula is C33H30N2O5. The minimum atomic E-state index is -0.784. The lowest BCUT2D eigenvalue weighted by Gasteiger charge is -2.25. The van der Waals surface area contributed by atoms with Crippen molar-refractivity contribution in [1.82, 2.24) is 9.88 Å². The van der Waals surface area contributed by atoms with Crippen LogP contribution in [0.1, 0.15) is 40.8 Å². The van der Waals surface area contributed by atoms with Crippen LogP contribution in [0.2, 0.25) is 0 Å². The van der Waals surface area contributed by atoms with E-state index in [1.54, 1.807) is 54.9 Å². The number of amides is 1. The molecule has 3 aromatic carbocycles. The second-order valence-corrected chi connectivity index (χ2v) is 9.59. The van der Waals surface area contributed by atoms with Crippen molar-refractivity contribution in [3.05, 3.63) is 131 Å². The maximum atomic E-state index is 13.4.